The molecule has 0 aromatic carbocycles. The summed E-state index contributed by atoms with van der Waals surface area (Å²) in [5.74, 6) is 0.940. The first-order chi connectivity index (χ1) is 8.45. The third-order valence-electron chi connectivity index (χ3n) is 2.62. The minimum Gasteiger partial charge on any atom is -0.391 e. The molecule has 0 aliphatic carbocycles. The Morgan fingerprint density at radius 3 is 2.72 bits per heavy atom. The number of aliphatic hydroxyl groups excluding tert-OH is 1. The molecule has 0 aliphatic heterocycles. The highest BCUT2D eigenvalue weighted by Crippen LogP contribution is 2.29. The molecule has 7 heteroatoms. The fourth-order valence-corrected chi connectivity index (χ4v) is 4.88. The molecule has 1 aromatic rings. The number of hydrogen-bond donors (Lipinski definition) is 1. The van der Waals surface area contributed by atoms with Crippen LogP contribution in [0.25, 0.3) is 0 Å². The fourth-order valence-electron chi connectivity index (χ4n) is 1.65. The van der Waals surface area contributed by atoms with Crippen LogP contribution in [-0.4, -0.2) is 43.4 Å². The monoisotopic (exact) mass is 309 g/mol. The Labute approximate surface area is 117 Å². The molecule has 0 amide bonds. The summed E-state index contributed by atoms with van der Waals surface area (Å²) in [4.78, 5) is 0.797. The summed E-state index contributed by atoms with van der Waals surface area (Å²) in [7, 11) is -1.88. The van der Waals surface area contributed by atoms with Crippen molar-refractivity contribution < 1.29 is 13.5 Å². The Bertz CT molecular complexity index is 482. The van der Waals surface area contributed by atoms with Gasteiger partial charge in [-0.05, 0) is 36.3 Å². The molecule has 1 rings (SSSR count). The van der Waals surface area contributed by atoms with Gasteiger partial charge < -0.3 is 5.11 Å². The number of nitrogens with zero attached hydrogens (tertiary/aromatic N) is 1. The standard InChI is InChI=1S/C11H19NO3S3/c1-9-8-17-10(7-13)11(9)18(14,15)12(2)5-4-6-16-3/h8,13H,4-7H2,1-3H3. The maximum atomic E-state index is 12.4. The maximum absolute atomic E-state index is 12.4. The highest BCUT2D eigenvalue weighted by atomic mass is 32.2. The Balaban J connectivity index is 2.94. The molecule has 0 fully saturated rings. The second kappa shape index (κ2) is 6.91. The van der Waals surface area contributed by atoms with Crippen molar-refractivity contribution in [2.45, 2.75) is 24.8 Å². The number of hydrogen-bond acceptors (Lipinski definition) is 5. The van der Waals surface area contributed by atoms with E-state index >= 15 is 0 Å². The van der Waals surface area contributed by atoms with Gasteiger partial charge in [0, 0.05) is 13.6 Å². The molecular formula is C11H19NO3S3. The normalized spacial score (nSPS) is 12.3. The lowest BCUT2D eigenvalue weighted by molar-refractivity contribution is 0.282. The molecule has 1 N–H and O–H groups in total. The molecule has 0 saturated heterocycles. The summed E-state index contributed by atoms with van der Waals surface area (Å²) < 4.78 is 26.2. The lowest BCUT2D eigenvalue weighted by atomic mass is 10.3. The molecule has 18 heavy (non-hydrogen) atoms. The third-order valence-corrected chi connectivity index (χ3v) is 6.63. The van der Waals surface area contributed by atoms with Crippen molar-refractivity contribution in [2.75, 3.05) is 25.6 Å². The van der Waals surface area contributed by atoms with Crippen LogP contribution in [0.5, 0.6) is 0 Å². The largest absolute Gasteiger partial charge is 0.391 e. The van der Waals surface area contributed by atoms with Crippen molar-refractivity contribution >= 4 is 33.1 Å². The lowest BCUT2D eigenvalue weighted by Gasteiger charge is -2.17. The van der Waals surface area contributed by atoms with E-state index in [1.807, 2.05) is 6.26 Å². The quantitative estimate of drug-likeness (QED) is 0.782. The second-order valence-electron chi connectivity index (χ2n) is 4.00. The highest BCUT2D eigenvalue weighted by molar-refractivity contribution is 7.98. The number of thioether (sulfide) groups is 1. The zero-order valence-corrected chi connectivity index (χ0v) is 13.3. The molecule has 0 aliphatic rings. The molecule has 0 radical (unpaired) electrons. The van der Waals surface area contributed by atoms with Crippen LogP contribution >= 0.6 is 23.1 Å². The highest BCUT2D eigenvalue weighted by Gasteiger charge is 2.26. The maximum Gasteiger partial charge on any atom is 0.244 e. The SMILES string of the molecule is CSCCCN(C)S(=O)(=O)c1c(C)csc1CO. The zero-order valence-electron chi connectivity index (χ0n) is 10.8. The van der Waals surface area contributed by atoms with Crippen LogP contribution in [0.4, 0.5) is 0 Å². The second-order valence-corrected chi connectivity index (χ2v) is 7.93. The molecule has 0 bridgehead atoms. The van der Waals surface area contributed by atoms with Crippen molar-refractivity contribution in [2.24, 2.45) is 0 Å². The first kappa shape index (κ1) is 16.0. The first-order valence-corrected chi connectivity index (χ1v) is 9.29. The fraction of sp³-hybridized carbons (Fsp3) is 0.636. The molecule has 4 nitrogen and oxygen atoms in total. The van der Waals surface area contributed by atoms with Crippen molar-refractivity contribution in [3.8, 4) is 0 Å². The topological polar surface area (TPSA) is 57.6 Å². The van der Waals surface area contributed by atoms with Gasteiger partial charge in [-0.25, -0.2) is 12.7 Å². The van der Waals surface area contributed by atoms with Gasteiger partial charge in [0.2, 0.25) is 10.0 Å². The smallest absolute Gasteiger partial charge is 0.244 e. The van der Waals surface area contributed by atoms with Gasteiger partial charge in [-0.1, -0.05) is 0 Å². The van der Waals surface area contributed by atoms with Gasteiger partial charge in [-0.3, -0.25) is 0 Å². The van der Waals surface area contributed by atoms with E-state index < -0.39 is 10.0 Å². The van der Waals surface area contributed by atoms with Crippen molar-refractivity contribution in [1.82, 2.24) is 4.31 Å². The molecule has 104 valence electrons. The van der Waals surface area contributed by atoms with Gasteiger partial charge in [0.25, 0.3) is 0 Å². The van der Waals surface area contributed by atoms with Crippen molar-refractivity contribution in [3.63, 3.8) is 0 Å². The minimum absolute atomic E-state index is 0.230. The predicted octanol–water partition coefficient (Wildman–Crippen LogP) is 1.92. The van der Waals surface area contributed by atoms with E-state index in [0.717, 1.165) is 12.2 Å². The summed E-state index contributed by atoms with van der Waals surface area (Å²) in [6.07, 6.45) is 2.83. The van der Waals surface area contributed by atoms with Crippen molar-refractivity contribution in [3.05, 3.63) is 15.8 Å². The molecular weight excluding hydrogens is 290 g/mol. The number of aryl methyl sites for hydroxylation is 1. The first-order valence-electron chi connectivity index (χ1n) is 5.58. The molecule has 1 aromatic heterocycles. The van der Waals surface area contributed by atoms with E-state index in [1.54, 1.807) is 31.1 Å². The Hall–Kier alpha value is -0.0800. The Kier molecular flexibility index (Phi) is 6.13. The minimum atomic E-state index is -3.48. The summed E-state index contributed by atoms with van der Waals surface area (Å²) >= 11 is 2.99. The van der Waals surface area contributed by atoms with Gasteiger partial charge >= 0.3 is 0 Å². The number of thiophene rings is 1. The third kappa shape index (κ3) is 3.48. The van der Waals surface area contributed by atoms with E-state index in [1.165, 1.54) is 15.6 Å². The summed E-state index contributed by atoms with van der Waals surface area (Å²) in [5, 5.41) is 11.0. The Morgan fingerprint density at radius 2 is 2.17 bits per heavy atom. The van der Waals surface area contributed by atoms with Crippen LogP contribution in [0.15, 0.2) is 10.3 Å². The van der Waals surface area contributed by atoms with Gasteiger partial charge in [0.05, 0.1) is 11.5 Å². The summed E-state index contributed by atoms with van der Waals surface area (Å²) in [6.45, 7) is 2.04. The van der Waals surface area contributed by atoms with Crippen LogP contribution in [0.1, 0.15) is 16.9 Å². The molecule has 0 atom stereocenters. The van der Waals surface area contributed by atoms with E-state index in [9.17, 15) is 13.5 Å². The van der Waals surface area contributed by atoms with Crippen LogP contribution in [0, 0.1) is 6.92 Å². The zero-order chi connectivity index (χ0) is 13.8. The molecule has 0 spiro atoms. The summed E-state index contributed by atoms with van der Waals surface area (Å²) in [5.41, 5.74) is 0.709. The summed E-state index contributed by atoms with van der Waals surface area (Å²) in [6, 6.07) is 0. The van der Waals surface area contributed by atoms with Gasteiger partial charge in [0.15, 0.2) is 0 Å². The molecule has 1 heterocycles. The molecule has 0 unspecified atom stereocenters. The average Bonchev–Trinajstić information content (AvgIpc) is 2.71. The van der Waals surface area contributed by atoms with E-state index in [2.05, 4.69) is 0 Å². The van der Waals surface area contributed by atoms with E-state index in [4.69, 9.17) is 0 Å². The van der Waals surface area contributed by atoms with Crippen LogP contribution in [0.2, 0.25) is 0 Å². The lowest BCUT2D eigenvalue weighted by Crippen LogP contribution is -2.29. The number of rotatable bonds is 7. The van der Waals surface area contributed by atoms with Crippen LogP contribution in [-0.2, 0) is 16.6 Å². The van der Waals surface area contributed by atoms with E-state index in [-0.39, 0.29) is 11.5 Å². The molecule has 0 saturated carbocycles. The van der Waals surface area contributed by atoms with Gasteiger partial charge in [0.1, 0.15) is 4.90 Å². The van der Waals surface area contributed by atoms with Crippen LogP contribution < -0.4 is 0 Å². The predicted molar refractivity (Wildman–Crippen MR) is 77.8 cm³/mol. The Morgan fingerprint density at radius 1 is 1.50 bits per heavy atom. The number of sulfonamides is 1. The van der Waals surface area contributed by atoms with E-state index in [0.29, 0.717) is 17.0 Å². The van der Waals surface area contributed by atoms with Crippen LogP contribution in [0.3, 0.4) is 0 Å². The van der Waals surface area contributed by atoms with Crippen molar-refractivity contribution in [1.29, 1.82) is 0 Å². The average molecular weight is 309 g/mol. The number of aliphatic hydroxyl groups is 1. The van der Waals surface area contributed by atoms with Gasteiger partial charge in [-0.2, -0.15) is 11.8 Å². The van der Waals surface area contributed by atoms with Gasteiger partial charge in [-0.15, -0.1) is 11.3 Å².